The van der Waals surface area contributed by atoms with Gasteiger partial charge in [-0.2, -0.15) is 0 Å². The van der Waals surface area contributed by atoms with Crippen molar-refractivity contribution < 1.29 is 17.9 Å². The molecule has 0 unspecified atom stereocenters. The second-order valence-electron chi connectivity index (χ2n) is 6.93. The van der Waals surface area contributed by atoms with Crippen LogP contribution in [-0.2, 0) is 14.8 Å². The Hall–Kier alpha value is -2.33. The number of carbonyl (C=O) groups excluding carboxylic acids is 1. The van der Waals surface area contributed by atoms with Crippen LogP contribution in [0.15, 0.2) is 52.4 Å². The van der Waals surface area contributed by atoms with Crippen molar-refractivity contribution in [3.8, 4) is 5.75 Å². The topological polar surface area (TPSA) is 88.6 Å². The van der Waals surface area contributed by atoms with E-state index in [0.29, 0.717) is 27.0 Å². The molecule has 0 fully saturated rings. The number of benzene rings is 2. The van der Waals surface area contributed by atoms with Gasteiger partial charge in [0.2, 0.25) is 15.9 Å². The molecular formula is C21H22ClN3O4S2. The van der Waals surface area contributed by atoms with Crippen molar-refractivity contribution in [1.29, 1.82) is 0 Å². The fourth-order valence-electron chi connectivity index (χ4n) is 2.89. The van der Waals surface area contributed by atoms with Crippen molar-refractivity contribution >= 4 is 55.9 Å². The number of aromatic nitrogens is 1. The third kappa shape index (κ3) is 5.30. The molecule has 0 saturated heterocycles. The van der Waals surface area contributed by atoms with Crippen LogP contribution in [0.2, 0.25) is 5.02 Å². The number of rotatable bonds is 7. The number of carbonyl (C=O) groups is 1. The van der Waals surface area contributed by atoms with Gasteiger partial charge in [0.1, 0.15) is 5.75 Å². The van der Waals surface area contributed by atoms with E-state index in [1.807, 2.05) is 13.0 Å². The molecule has 1 N–H and O–H groups in total. The van der Waals surface area contributed by atoms with E-state index in [9.17, 15) is 13.2 Å². The number of hydrogen-bond donors (Lipinski definition) is 1. The van der Waals surface area contributed by atoms with Gasteiger partial charge in [-0.15, -0.1) is 0 Å². The van der Waals surface area contributed by atoms with Gasteiger partial charge in [-0.1, -0.05) is 23.4 Å². The minimum Gasteiger partial charge on any atom is -0.495 e. The molecule has 10 heteroatoms. The highest BCUT2D eigenvalue weighted by Crippen LogP contribution is 2.29. The largest absolute Gasteiger partial charge is 0.495 e. The molecule has 1 amide bonds. The van der Waals surface area contributed by atoms with Gasteiger partial charge >= 0.3 is 0 Å². The maximum Gasteiger partial charge on any atom is 0.242 e. The number of ether oxygens (including phenoxy) is 1. The van der Waals surface area contributed by atoms with Gasteiger partial charge < -0.3 is 10.1 Å². The lowest BCUT2D eigenvalue weighted by molar-refractivity contribution is -0.113. The van der Waals surface area contributed by atoms with Gasteiger partial charge in [0, 0.05) is 24.5 Å². The summed E-state index contributed by atoms with van der Waals surface area (Å²) < 4.78 is 31.2. The molecule has 0 spiro atoms. The van der Waals surface area contributed by atoms with Crippen molar-refractivity contribution in [3.63, 3.8) is 0 Å². The Kier molecular flexibility index (Phi) is 7.10. The summed E-state index contributed by atoms with van der Waals surface area (Å²) in [4.78, 5) is 17.2. The molecule has 31 heavy (non-hydrogen) atoms. The maximum absolute atomic E-state index is 12.4. The zero-order valence-electron chi connectivity index (χ0n) is 17.5. The summed E-state index contributed by atoms with van der Waals surface area (Å²) >= 11 is 7.28. The van der Waals surface area contributed by atoms with Crippen molar-refractivity contribution in [3.05, 3.63) is 53.1 Å². The van der Waals surface area contributed by atoms with Crippen LogP contribution in [-0.4, -0.2) is 50.6 Å². The van der Waals surface area contributed by atoms with Gasteiger partial charge in [-0.05, 0) is 55.0 Å². The first kappa shape index (κ1) is 23.3. The van der Waals surface area contributed by atoms with Crippen LogP contribution in [0.3, 0.4) is 0 Å². The minimum absolute atomic E-state index is 0.140. The standard InChI is InChI=1S/C21H22ClN3O4S2/c1-13-9-21(24-17-7-6-15(11-16(13)17)31(27,28)25(2)3)30-12-20(26)23-18-10-14(22)5-8-19(18)29-4/h5-11H,12H2,1-4H3,(H,23,26). The van der Waals surface area contributed by atoms with Crippen molar-refractivity contribution in [2.24, 2.45) is 0 Å². The van der Waals surface area contributed by atoms with Crippen LogP contribution < -0.4 is 10.1 Å². The van der Waals surface area contributed by atoms with Gasteiger partial charge in [-0.25, -0.2) is 17.7 Å². The maximum atomic E-state index is 12.4. The summed E-state index contributed by atoms with van der Waals surface area (Å²) in [5, 5.41) is 4.70. The minimum atomic E-state index is -3.53. The average Bonchev–Trinajstić information content (AvgIpc) is 2.72. The van der Waals surface area contributed by atoms with Gasteiger partial charge in [-0.3, -0.25) is 4.79 Å². The third-order valence-electron chi connectivity index (χ3n) is 4.53. The molecule has 164 valence electrons. The Morgan fingerprint density at radius 2 is 1.94 bits per heavy atom. The number of nitrogens with zero attached hydrogens (tertiary/aromatic N) is 2. The number of amides is 1. The highest BCUT2D eigenvalue weighted by Gasteiger charge is 2.18. The quantitative estimate of drug-likeness (QED) is 0.511. The molecule has 0 atom stereocenters. The number of hydrogen-bond acceptors (Lipinski definition) is 6. The molecule has 0 aliphatic heterocycles. The zero-order chi connectivity index (χ0) is 22.8. The molecule has 0 bridgehead atoms. The molecule has 1 aromatic heterocycles. The van der Waals surface area contributed by atoms with Crippen LogP contribution in [0.1, 0.15) is 5.56 Å². The Balaban J connectivity index is 1.77. The average molecular weight is 480 g/mol. The SMILES string of the molecule is COc1ccc(Cl)cc1NC(=O)CSc1cc(C)c2cc(S(=O)(=O)N(C)C)ccc2n1. The smallest absolute Gasteiger partial charge is 0.242 e. The third-order valence-corrected chi connectivity index (χ3v) is 7.49. The Bertz CT molecular complexity index is 1250. The number of sulfonamides is 1. The Labute approximate surface area is 190 Å². The van der Waals surface area contributed by atoms with E-state index in [1.165, 1.54) is 43.3 Å². The number of methoxy groups -OCH3 is 1. The molecule has 0 saturated carbocycles. The Morgan fingerprint density at radius 1 is 1.19 bits per heavy atom. The van der Waals surface area contributed by atoms with E-state index < -0.39 is 10.0 Å². The normalized spacial score (nSPS) is 11.7. The Morgan fingerprint density at radius 3 is 2.61 bits per heavy atom. The summed E-state index contributed by atoms with van der Waals surface area (Å²) in [6, 6.07) is 11.7. The number of aryl methyl sites for hydroxylation is 1. The molecule has 7 nitrogen and oxygen atoms in total. The number of thioether (sulfide) groups is 1. The molecule has 2 aromatic carbocycles. The summed E-state index contributed by atoms with van der Waals surface area (Å²) in [5.41, 5.74) is 2.04. The van der Waals surface area contributed by atoms with Gasteiger partial charge in [0.05, 0.1) is 34.0 Å². The van der Waals surface area contributed by atoms with Crippen LogP contribution in [0.5, 0.6) is 5.75 Å². The van der Waals surface area contributed by atoms with E-state index in [-0.39, 0.29) is 16.6 Å². The molecule has 0 aliphatic carbocycles. The van der Waals surface area contributed by atoms with Crippen LogP contribution in [0.25, 0.3) is 10.9 Å². The first-order valence-corrected chi connectivity index (χ1v) is 12.0. The fraction of sp³-hybridized carbons (Fsp3) is 0.238. The fourth-order valence-corrected chi connectivity index (χ4v) is 4.77. The summed E-state index contributed by atoms with van der Waals surface area (Å²) in [6.45, 7) is 1.89. The first-order valence-electron chi connectivity index (χ1n) is 9.22. The van der Waals surface area contributed by atoms with E-state index in [1.54, 1.807) is 30.3 Å². The van der Waals surface area contributed by atoms with Gasteiger partial charge in [0.15, 0.2) is 0 Å². The lowest BCUT2D eigenvalue weighted by Gasteiger charge is -2.13. The van der Waals surface area contributed by atoms with E-state index in [2.05, 4.69) is 10.3 Å². The first-order chi connectivity index (χ1) is 14.6. The van der Waals surface area contributed by atoms with Crippen LogP contribution >= 0.6 is 23.4 Å². The second kappa shape index (κ2) is 9.44. The summed E-state index contributed by atoms with van der Waals surface area (Å²) in [5.74, 6) is 0.434. The highest BCUT2D eigenvalue weighted by atomic mass is 35.5. The predicted molar refractivity (Wildman–Crippen MR) is 125 cm³/mol. The number of anilines is 1. The van der Waals surface area contributed by atoms with E-state index >= 15 is 0 Å². The second-order valence-corrected chi connectivity index (χ2v) is 10.5. The molecule has 3 rings (SSSR count). The number of nitrogens with one attached hydrogen (secondary N) is 1. The highest BCUT2D eigenvalue weighted by molar-refractivity contribution is 7.99. The van der Waals surface area contributed by atoms with E-state index in [0.717, 1.165) is 10.9 Å². The van der Waals surface area contributed by atoms with Crippen molar-refractivity contribution in [2.75, 3.05) is 32.3 Å². The molecule has 0 aliphatic rings. The molecule has 0 radical (unpaired) electrons. The van der Waals surface area contributed by atoms with Crippen molar-refractivity contribution in [1.82, 2.24) is 9.29 Å². The number of fused-ring (bicyclic) bond motifs is 1. The molecule has 1 heterocycles. The predicted octanol–water partition coefficient (Wildman–Crippen LogP) is 4.19. The lowest BCUT2D eigenvalue weighted by atomic mass is 10.1. The van der Waals surface area contributed by atoms with Crippen molar-refractivity contribution in [2.45, 2.75) is 16.8 Å². The monoisotopic (exact) mass is 479 g/mol. The van der Waals surface area contributed by atoms with Gasteiger partial charge in [0.25, 0.3) is 0 Å². The summed E-state index contributed by atoms with van der Waals surface area (Å²) in [6.07, 6.45) is 0. The lowest BCUT2D eigenvalue weighted by Crippen LogP contribution is -2.22. The van der Waals surface area contributed by atoms with Crippen LogP contribution in [0.4, 0.5) is 5.69 Å². The zero-order valence-corrected chi connectivity index (χ0v) is 19.9. The summed E-state index contributed by atoms with van der Waals surface area (Å²) in [7, 11) is 0.980. The van der Waals surface area contributed by atoms with Crippen LogP contribution in [0, 0.1) is 6.92 Å². The van der Waals surface area contributed by atoms with E-state index in [4.69, 9.17) is 16.3 Å². The number of pyridine rings is 1. The molecule has 3 aromatic rings. The molecular weight excluding hydrogens is 458 g/mol. The number of halogens is 1.